The fraction of sp³-hybridized carbons (Fsp3) is 0.231. The molecule has 1 unspecified atom stereocenters. The van der Waals surface area contributed by atoms with Crippen molar-refractivity contribution in [3.8, 4) is 5.75 Å². The standard InChI is InChI=1S/C13H12BrN3O2/c1-17-11(13(15)18)5-10(16-17)9-6-19-12-4-7(14)2-3-8(9)12/h2-5,9H,6H2,1H3,(H2,15,18). The van der Waals surface area contributed by atoms with Crippen molar-refractivity contribution >= 4 is 21.8 Å². The molecule has 0 saturated carbocycles. The van der Waals surface area contributed by atoms with E-state index in [-0.39, 0.29) is 5.92 Å². The third-order valence-electron chi connectivity index (χ3n) is 3.26. The summed E-state index contributed by atoms with van der Waals surface area (Å²) in [5, 5.41) is 4.36. The molecule has 1 amide bonds. The molecule has 2 heterocycles. The van der Waals surface area contributed by atoms with Crippen LogP contribution in [0.5, 0.6) is 5.75 Å². The molecule has 1 aliphatic heterocycles. The summed E-state index contributed by atoms with van der Waals surface area (Å²) in [6.07, 6.45) is 0. The van der Waals surface area contributed by atoms with Crippen LogP contribution in [0.25, 0.3) is 0 Å². The summed E-state index contributed by atoms with van der Waals surface area (Å²) in [4.78, 5) is 11.3. The lowest BCUT2D eigenvalue weighted by atomic mass is 9.98. The van der Waals surface area contributed by atoms with Crippen LogP contribution in [0.3, 0.4) is 0 Å². The number of nitrogens with two attached hydrogens (primary N) is 1. The molecule has 2 aromatic rings. The number of hydrogen-bond acceptors (Lipinski definition) is 3. The minimum Gasteiger partial charge on any atom is -0.492 e. The number of amides is 1. The normalized spacial score (nSPS) is 17.1. The first-order valence-corrected chi connectivity index (χ1v) is 6.61. The zero-order valence-corrected chi connectivity index (χ0v) is 11.8. The van der Waals surface area contributed by atoms with E-state index in [0.717, 1.165) is 21.5 Å². The molecule has 0 aliphatic carbocycles. The van der Waals surface area contributed by atoms with Crippen molar-refractivity contribution in [2.75, 3.05) is 6.61 Å². The largest absolute Gasteiger partial charge is 0.492 e. The second kappa shape index (κ2) is 4.38. The van der Waals surface area contributed by atoms with Crippen molar-refractivity contribution in [1.29, 1.82) is 0 Å². The van der Waals surface area contributed by atoms with Gasteiger partial charge in [0.1, 0.15) is 18.1 Å². The van der Waals surface area contributed by atoms with Gasteiger partial charge < -0.3 is 10.5 Å². The van der Waals surface area contributed by atoms with Crippen LogP contribution in [0, 0.1) is 0 Å². The highest BCUT2D eigenvalue weighted by Crippen LogP contribution is 2.39. The summed E-state index contributed by atoms with van der Waals surface area (Å²) < 4.78 is 8.15. The Labute approximate surface area is 118 Å². The Morgan fingerprint density at radius 2 is 2.32 bits per heavy atom. The summed E-state index contributed by atoms with van der Waals surface area (Å²) in [5.41, 5.74) is 7.59. The number of aromatic nitrogens is 2. The molecule has 1 atom stereocenters. The number of carbonyl (C=O) groups excluding carboxylic acids is 1. The van der Waals surface area contributed by atoms with Crippen LogP contribution < -0.4 is 10.5 Å². The van der Waals surface area contributed by atoms with Gasteiger partial charge >= 0.3 is 0 Å². The van der Waals surface area contributed by atoms with Crippen LogP contribution in [0.2, 0.25) is 0 Å². The number of carbonyl (C=O) groups is 1. The van der Waals surface area contributed by atoms with Gasteiger partial charge in [-0.15, -0.1) is 0 Å². The number of ether oxygens (including phenoxy) is 1. The van der Waals surface area contributed by atoms with Crippen LogP contribution in [-0.4, -0.2) is 22.3 Å². The maximum Gasteiger partial charge on any atom is 0.266 e. The van der Waals surface area contributed by atoms with Gasteiger partial charge in [-0.05, 0) is 18.2 Å². The second-order valence-electron chi connectivity index (χ2n) is 4.49. The molecule has 19 heavy (non-hydrogen) atoms. The van der Waals surface area contributed by atoms with E-state index in [1.807, 2.05) is 18.2 Å². The monoisotopic (exact) mass is 321 g/mol. The van der Waals surface area contributed by atoms with Gasteiger partial charge in [-0.3, -0.25) is 9.48 Å². The smallest absolute Gasteiger partial charge is 0.266 e. The molecule has 0 saturated heterocycles. The molecule has 0 fully saturated rings. The van der Waals surface area contributed by atoms with Crippen LogP contribution in [-0.2, 0) is 7.05 Å². The van der Waals surface area contributed by atoms with Crippen molar-refractivity contribution in [1.82, 2.24) is 9.78 Å². The first-order chi connectivity index (χ1) is 9.06. The molecule has 1 aromatic carbocycles. The van der Waals surface area contributed by atoms with Crippen molar-refractivity contribution < 1.29 is 9.53 Å². The summed E-state index contributed by atoms with van der Waals surface area (Å²) in [6.45, 7) is 0.529. The first-order valence-electron chi connectivity index (χ1n) is 5.82. The fourth-order valence-corrected chi connectivity index (χ4v) is 2.66. The highest BCUT2D eigenvalue weighted by atomic mass is 79.9. The van der Waals surface area contributed by atoms with Gasteiger partial charge in [-0.1, -0.05) is 22.0 Å². The maximum atomic E-state index is 11.3. The molecule has 1 aromatic heterocycles. The number of fused-ring (bicyclic) bond motifs is 1. The van der Waals surface area contributed by atoms with Crippen molar-refractivity contribution in [2.45, 2.75) is 5.92 Å². The molecule has 0 spiro atoms. The van der Waals surface area contributed by atoms with Gasteiger partial charge in [0, 0.05) is 17.1 Å². The molecule has 0 bridgehead atoms. The molecule has 0 radical (unpaired) electrons. The van der Waals surface area contributed by atoms with E-state index < -0.39 is 5.91 Å². The minimum atomic E-state index is -0.476. The van der Waals surface area contributed by atoms with Gasteiger partial charge in [-0.2, -0.15) is 5.10 Å². The Balaban J connectivity index is 2.02. The lowest BCUT2D eigenvalue weighted by molar-refractivity contribution is 0.0991. The zero-order valence-electron chi connectivity index (χ0n) is 10.3. The van der Waals surface area contributed by atoms with Crippen LogP contribution in [0.4, 0.5) is 0 Å². The number of hydrogen-bond donors (Lipinski definition) is 1. The summed E-state index contributed by atoms with van der Waals surface area (Å²) >= 11 is 3.41. The molecule has 6 heteroatoms. The van der Waals surface area contributed by atoms with Crippen LogP contribution in [0.1, 0.15) is 27.7 Å². The average Bonchev–Trinajstić information content (AvgIpc) is 2.91. The van der Waals surface area contributed by atoms with Crippen molar-refractivity contribution in [3.63, 3.8) is 0 Å². The van der Waals surface area contributed by atoms with Gasteiger partial charge in [0.15, 0.2) is 0 Å². The third kappa shape index (κ3) is 2.02. The number of primary amides is 1. The Morgan fingerprint density at radius 1 is 1.53 bits per heavy atom. The lowest BCUT2D eigenvalue weighted by Gasteiger charge is -2.04. The first kappa shape index (κ1) is 12.2. The molecule has 2 N–H and O–H groups in total. The van der Waals surface area contributed by atoms with Crippen LogP contribution >= 0.6 is 15.9 Å². The summed E-state index contributed by atoms with van der Waals surface area (Å²) in [5.74, 6) is 0.421. The molecule has 3 rings (SSSR count). The van der Waals surface area contributed by atoms with E-state index in [2.05, 4.69) is 21.0 Å². The van der Waals surface area contributed by atoms with Crippen LogP contribution in [0.15, 0.2) is 28.7 Å². The number of rotatable bonds is 2. The van der Waals surface area contributed by atoms with Gasteiger partial charge in [0.05, 0.1) is 11.6 Å². The lowest BCUT2D eigenvalue weighted by Crippen LogP contribution is -2.15. The average molecular weight is 322 g/mol. The van der Waals surface area contributed by atoms with E-state index in [1.54, 1.807) is 13.1 Å². The Bertz CT molecular complexity index is 666. The van der Waals surface area contributed by atoms with Crippen molar-refractivity contribution in [2.24, 2.45) is 12.8 Å². The van der Waals surface area contributed by atoms with Gasteiger partial charge in [0.25, 0.3) is 5.91 Å². The highest BCUT2D eigenvalue weighted by Gasteiger charge is 2.28. The summed E-state index contributed by atoms with van der Waals surface area (Å²) in [6, 6.07) is 7.65. The number of nitrogens with zero attached hydrogens (tertiary/aromatic N) is 2. The Hall–Kier alpha value is -1.82. The summed E-state index contributed by atoms with van der Waals surface area (Å²) in [7, 11) is 1.71. The minimum absolute atomic E-state index is 0.0439. The van der Waals surface area contributed by atoms with E-state index >= 15 is 0 Å². The quantitative estimate of drug-likeness (QED) is 0.917. The number of benzene rings is 1. The highest BCUT2D eigenvalue weighted by molar-refractivity contribution is 9.10. The van der Waals surface area contributed by atoms with E-state index in [4.69, 9.17) is 10.5 Å². The zero-order chi connectivity index (χ0) is 13.6. The van der Waals surface area contributed by atoms with E-state index in [1.165, 1.54) is 4.68 Å². The molecule has 98 valence electrons. The number of halogens is 1. The second-order valence-corrected chi connectivity index (χ2v) is 5.40. The third-order valence-corrected chi connectivity index (χ3v) is 3.76. The molecule has 5 nitrogen and oxygen atoms in total. The Kier molecular flexibility index (Phi) is 2.82. The fourth-order valence-electron chi connectivity index (χ4n) is 2.32. The molecular formula is C13H12BrN3O2. The Morgan fingerprint density at radius 3 is 3.00 bits per heavy atom. The maximum absolute atomic E-state index is 11.3. The van der Waals surface area contributed by atoms with E-state index in [9.17, 15) is 4.79 Å². The molecule has 1 aliphatic rings. The molecular weight excluding hydrogens is 310 g/mol. The van der Waals surface area contributed by atoms with E-state index in [0.29, 0.717) is 12.3 Å². The SMILES string of the molecule is Cn1nc(C2COc3cc(Br)ccc32)cc1C(N)=O. The van der Waals surface area contributed by atoms with Crippen molar-refractivity contribution in [3.05, 3.63) is 45.7 Å². The van der Waals surface area contributed by atoms with Gasteiger partial charge in [0.2, 0.25) is 0 Å². The number of aryl methyl sites for hydroxylation is 1. The van der Waals surface area contributed by atoms with Gasteiger partial charge in [-0.25, -0.2) is 0 Å². The predicted octanol–water partition coefficient (Wildman–Crippen LogP) is 1.81. The predicted molar refractivity (Wildman–Crippen MR) is 73.2 cm³/mol. The topological polar surface area (TPSA) is 70.1 Å².